The SMILES string of the molecule is CCc1nc2ccc(C(=O)N3CCN(CCO)CC3)cn2c1C. The topological polar surface area (TPSA) is 61.1 Å². The van der Waals surface area contributed by atoms with Crippen LogP contribution in [0.4, 0.5) is 0 Å². The molecule has 3 heterocycles. The Morgan fingerprint density at radius 2 is 2.00 bits per heavy atom. The van der Waals surface area contributed by atoms with Crippen molar-refractivity contribution in [3.8, 4) is 0 Å². The molecule has 0 radical (unpaired) electrons. The Labute approximate surface area is 136 Å². The van der Waals surface area contributed by atoms with Crippen molar-refractivity contribution in [2.24, 2.45) is 0 Å². The summed E-state index contributed by atoms with van der Waals surface area (Å²) in [5, 5.41) is 8.99. The normalized spacial score (nSPS) is 16.2. The molecule has 0 saturated carbocycles. The van der Waals surface area contributed by atoms with Crippen LogP contribution >= 0.6 is 0 Å². The highest BCUT2D eigenvalue weighted by atomic mass is 16.3. The van der Waals surface area contributed by atoms with E-state index in [9.17, 15) is 4.79 Å². The number of aliphatic hydroxyl groups is 1. The molecule has 0 bridgehead atoms. The fraction of sp³-hybridized carbons (Fsp3) is 0.529. The molecule has 1 aliphatic heterocycles. The molecule has 0 spiro atoms. The first-order valence-corrected chi connectivity index (χ1v) is 8.24. The van der Waals surface area contributed by atoms with Gasteiger partial charge in [0.05, 0.1) is 17.9 Å². The molecule has 0 atom stereocenters. The maximum absolute atomic E-state index is 12.7. The van der Waals surface area contributed by atoms with Crippen LogP contribution in [0, 0.1) is 6.92 Å². The third-order valence-electron chi connectivity index (χ3n) is 4.61. The summed E-state index contributed by atoms with van der Waals surface area (Å²) in [5.74, 6) is 0.0710. The summed E-state index contributed by atoms with van der Waals surface area (Å²) in [7, 11) is 0. The Morgan fingerprint density at radius 3 is 2.65 bits per heavy atom. The number of aryl methyl sites for hydroxylation is 2. The zero-order valence-corrected chi connectivity index (χ0v) is 13.8. The van der Waals surface area contributed by atoms with Gasteiger partial charge in [-0.1, -0.05) is 6.92 Å². The summed E-state index contributed by atoms with van der Waals surface area (Å²) in [6.45, 7) is 8.04. The van der Waals surface area contributed by atoms with Crippen molar-refractivity contribution in [3.05, 3.63) is 35.3 Å². The van der Waals surface area contributed by atoms with E-state index < -0.39 is 0 Å². The minimum absolute atomic E-state index is 0.0710. The average Bonchev–Trinajstić information content (AvgIpc) is 2.91. The number of hydrogen-bond donors (Lipinski definition) is 1. The number of fused-ring (bicyclic) bond motifs is 1. The number of amides is 1. The summed E-state index contributed by atoms with van der Waals surface area (Å²) in [4.78, 5) is 21.4. The summed E-state index contributed by atoms with van der Waals surface area (Å²) in [6.07, 6.45) is 2.79. The fourth-order valence-electron chi connectivity index (χ4n) is 3.17. The maximum atomic E-state index is 12.7. The van der Waals surface area contributed by atoms with Crippen molar-refractivity contribution in [3.63, 3.8) is 0 Å². The molecule has 0 aromatic carbocycles. The van der Waals surface area contributed by atoms with Gasteiger partial charge in [-0.15, -0.1) is 0 Å². The smallest absolute Gasteiger partial charge is 0.255 e. The average molecular weight is 316 g/mol. The first kappa shape index (κ1) is 16.0. The Hall–Kier alpha value is -1.92. The largest absolute Gasteiger partial charge is 0.395 e. The predicted molar refractivity (Wildman–Crippen MR) is 88.7 cm³/mol. The second-order valence-electron chi connectivity index (χ2n) is 6.00. The van der Waals surface area contributed by atoms with Crippen LogP contribution in [0.15, 0.2) is 18.3 Å². The van der Waals surface area contributed by atoms with E-state index in [2.05, 4.69) is 16.8 Å². The molecule has 0 unspecified atom stereocenters. The van der Waals surface area contributed by atoms with Crippen molar-refractivity contribution >= 4 is 11.6 Å². The summed E-state index contributed by atoms with van der Waals surface area (Å²) < 4.78 is 2.01. The van der Waals surface area contributed by atoms with Crippen molar-refractivity contribution in [2.75, 3.05) is 39.3 Å². The van der Waals surface area contributed by atoms with Gasteiger partial charge in [0.2, 0.25) is 0 Å². The lowest BCUT2D eigenvalue weighted by Crippen LogP contribution is -2.49. The number of carbonyl (C=O) groups is 1. The van der Waals surface area contributed by atoms with Gasteiger partial charge in [-0.3, -0.25) is 9.69 Å². The van der Waals surface area contributed by atoms with Crippen molar-refractivity contribution in [1.29, 1.82) is 0 Å². The second kappa shape index (κ2) is 6.68. The summed E-state index contributed by atoms with van der Waals surface area (Å²) >= 11 is 0. The van der Waals surface area contributed by atoms with Gasteiger partial charge < -0.3 is 14.4 Å². The lowest BCUT2D eigenvalue weighted by atomic mass is 10.2. The number of pyridine rings is 1. The van der Waals surface area contributed by atoms with Gasteiger partial charge in [0.25, 0.3) is 5.91 Å². The van der Waals surface area contributed by atoms with Crippen LogP contribution in [0.25, 0.3) is 5.65 Å². The third kappa shape index (κ3) is 3.09. The molecular formula is C17H24N4O2. The van der Waals surface area contributed by atoms with Crippen molar-refractivity contribution < 1.29 is 9.90 Å². The Kier molecular flexibility index (Phi) is 4.63. The van der Waals surface area contributed by atoms with Gasteiger partial charge in [0.1, 0.15) is 5.65 Å². The van der Waals surface area contributed by atoms with Crippen LogP contribution in [0.3, 0.4) is 0 Å². The van der Waals surface area contributed by atoms with Gasteiger partial charge in [0.15, 0.2) is 0 Å². The van der Waals surface area contributed by atoms with E-state index >= 15 is 0 Å². The number of aromatic nitrogens is 2. The molecule has 1 fully saturated rings. The molecule has 6 nitrogen and oxygen atoms in total. The molecule has 1 saturated heterocycles. The molecule has 124 valence electrons. The Balaban J connectivity index is 1.77. The molecule has 2 aromatic heterocycles. The monoisotopic (exact) mass is 316 g/mol. The number of aliphatic hydroxyl groups excluding tert-OH is 1. The first-order chi connectivity index (χ1) is 11.1. The number of imidazole rings is 1. The lowest BCUT2D eigenvalue weighted by molar-refractivity contribution is 0.0614. The zero-order valence-electron chi connectivity index (χ0n) is 13.8. The van der Waals surface area contributed by atoms with E-state index in [1.165, 1.54) is 0 Å². The highest BCUT2D eigenvalue weighted by molar-refractivity contribution is 5.94. The van der Waals surface area contributed by atoms with E-state index in [1.54, 1.807) is 0 Å². The van der Waals surface area contributed by atoms with Crippen LogP contribution in [0.5, 0.6) is 0 Å². The molecular weight excluding hydrogens is 292 g/mol. The van der Waals surface area contributed by atoms with Crippen molar-refractivity contribution in [1.82, 2.24) is 19.2 Å². The highest BCUT2D eigenvalue weighted by Gasteiger charge is 2.22. The van der Waals surface area contributed by atoms with Crippen LogP contribution in [0.2, 0.25) is 0 Å². The number of β-amino-alcohol motifs (C(OH)–C–C–N with tert-alkyl or cyclic N) is 1. The Bertz CT molecular complexity index is 702. The molecule has 1 aliphatic rings. The molecule has 6 heteroatoms. The molecule has 23 heavy (non-hydrogen) atoms. The number of nitrogens with zero attached hydrogens (tertiary/aromatic N) is 4. The third-order valence-corrected chi connectivity index (χ3v) is 4.61. The van der Waals surface area contributed by atoms with E-state index in [-0.39, 0.29) is 12.5 Å². The number of hydrogen-bond acceptors (Lipinski definition) is 4. The van der Waals surface area contributed by atoms with Crippen LogP contribution < -0.4 is 0 Å². The fourth-order valence-corrected chi connectivity index (χ4v) is 3.17. The summed E-state index contributed by atoms with van der Waals surface area (Å²) in [5.41, 5.74) is 3.78. The standard InChI is InChI=1S/C17H24N4O2/c1-3-15-13(2)21-12-14(4-5-16(21)18-15)17(23)20-8-6-19(7-9-20)10-11-22/h4-5,12,22H,3,6-11H2,1-2H3. The Morgan fingerprint density at radius 1 is 1.26 bits per heavy atom. The second-order valence-corrected chi connectivity index (χ2v) is 6.00. The van der Waals surface area contributed by atoms with Gasteiger partial charge >= 0.3 is 0 Å². The minimum Gasteiger partial charge on any atom is -0.395 e. The molecule has 3 rings (SSSR count). The van der Waals surface area contributed by atoms with Crippen molar-refractivity contribution in [2.45, 2.75) is 20.3 Å². The summed E-state index contributed by atoms with van der Waals surface area (Å²) in [6, 6.07) is 3.78. The number of rotatable bonds is 4. The van der Waals surface area contributed by atoms with E-state index in [0.717, 1.165) is 36.5 Å². The molecule has 0 aliphatic carbocycles. The van der Waals surface area contributed by atoms with E-state index in [1.807, 2.05) is 34.6 Å². The van der Waals surface area contributed by atoms with Gasteiger partial charge in [-0.2, -0.15) is 0 Å². The van der Waals surface area contributed by atoms with Gasteiger partial charge in [-0.05, 0) is 25.5 Å². The molecule has 2 aromatic rings. The quantitative estimate of drug-likeness (QED) is 0.912. The van der Waals surface area contributed by atoms with E-state index in [4.69, 9.17) is 5.11 Å². The number of carbonyl (C=O) groups excluding carboxylic acids is 1. The lowest BCUT2D eigenvalue weighted by Gasteiger charge is -2.34. The van der Waals surface area contributed by atoms with Gasteiger partial charge in [0, 0.05) is 44.6 Å². The zero-order chi connectivity index (χ0) is 16.4. The number of piperazine rings is 1. The predicted octanol–water partition coefficient (Wildman–Crippen LogP) is 0.955. The highest BCUT2D eigenvalue weighted by Crippen LogP contribution is 2.15. The minimum atomic E-state index is 0.0710. The molecule has 1 N–H and O–H groups in total. The van der Waals surface area contributed by atoms with Crippen LogP contribution in [-0.4, -0.2) is 69.5 Å². The first-order valence-electron chi connectivity index (χ1n) is 8.24. The van der Waals surface area contributed by atoms with Crippen LogP contribution in [-0.2, 0) is 6.42 Å². The van der Waals surface area contributed by atoms with E-state index in [0.29, 0.717) is 25.2 Å². The maximum Gasteiger partial charge on any atom is 0.255 e. The van der Waals surface area contributed by atoms with Crippen LogP contribution in [0.1, 0.15) is 28.7 Å². The molecule has 1 amide bonds. The van der Waals surface area contributed by atoms with Gasteiger partial charge in [-0.25, -0.2) is 4.98 Å².